The summed E-state index contributed by atoms with van der Waals surface area (Å²) in [5, 5.41) is 11.3. The van der Waals surface area contributed by atoms with Crippen molar-refractivity contribution in [3.05, 3.63) is 29.8 Å². The molecule has 0 fully saturated rings. The molecule has 1 amide bonds. The van der Waals surface area contributed by atoms with E-state index in [2.05, 4.69) is 5.32 Å². The molecule has 1 rings (SSSR count). The van der Waals surface area contributed by atoms with Crippen molar-refractivity contribution in [2.45, 2.75) is 6.42 Å². The maximum absolute atomic E-state index is 11.4. The second-order valence-electron chi connectivity index (χ2n) is 3.82. The number of nitrogens with one attached hydrogen (secondary N) is 1. The van der Waals surface area contributed by atoms with Gasteiger partial charge < -0.3 is 19.9 Å². The quantitative estimate of drug-likeness (QED) is 0.574. The lowest BCUT2D eigenvalue weighted by atomic mass is 10.2. The zero-order valence-electron chi connectivity index (χ0n) is 11.2. The monoisotopic (exact) mass is 265 g/mol. The molecule has 0 heterocycles. The van der Waals surface area contributed by atoms with Crippen molar-refractivity contribution in [1.29, 1.82) is 0 Å². The number of aliphatic hydroxyl groups is 1. The van der Waals surface area contributed by atoms with E-state index in [1.807, 2.05) is 6.07 Å². The van der Waals surface area contributed by atoms with Crippen LogP contribution in [0.2, 0.25) is 0 Å². The molecule has 0 radical (unpaired) electrons. The predicted octanol–water partition coefficient (Wildman–Crippen LogP) is 1.22. The van der Waals surface area contributed by atoms with Crippen molar-refractivity contribution in [3.8, 4) is 11.5 Å². The summed E-state index contributed by atoms with van der Waals surface area (Å²) in [5.41, 5.74) is 0.843. The second-order valence-corrected chi connectivity index (χ2v) is 3.82. The minimum Gasteiger partial charge on any atom is -0.493 e. The van der Waals surface area contributed by atoms with Crippen molar-refractivity contribution in [1.82, 2.24) is 5.32 Å². The number of benzene rings is 1. The van der Waals surface area contributed by atoms with E-state index < -0.39 is 0 Å². The minimum absolute atomic E-state index is 0.0691. The average molecular weight is 265 g/mol. The number of carbonyl (C=O) groups is 1. The number of amides is 1. The summed E-state index contributed by atoms with van der Waals surface area (Å²) < 4.78 is 10.3. The van der Waals surface area contributed by atoms with Crippen LogP contribution in [-0.2, 0) is 4.79 Å². The van der Waals surface area contributed by atoms with Gasteiger partial charge in [0.1, 0.15) is 0 Å². The lowest BCUT2D eigenvalue weighted by Crippen LogP contribution is -2.22. The van der Waals surface area contributed by atoms with Gasteiger partial charge >= 0.3 is 0 Å². The molecule has 0 unspecified atom stereocenters. The maximum Gasteiger partial charge on any atom is 0.244 e. The molecule has 0 aliphatic rings. The normalized spacial score (nSPS) is 10.5. The largest absolute Gasteiger partial charge is 0.493 e. The van der Waals surface area contributed by atoms with Crippen molar-refractivity contribution in [3.63, 3.8) is 0 Å². The number of aliphatic hydroxyl groups excluding tert-OH is 1. The molecule has 0 saturated carbocycles. The summed E-state index contributed by atoms with van der Waals surface area (Å²) in [4.78, 5) is 11.4. The van der Waals surface area contributed by atoms with Crippen LogP contribution in [-0.4, -0.2) is 38.4 Å². The van der Waals surface area contributed by atoms with Crippen LogP contribution < -0.4 is 14.8 Å². The maximum atomic E-state index is 11.4. The lowest BCUT2D eigenvalue weighted by molar-refractivity contribution is -0.116. The number of hydrogen-bond donors (Lipinski definition) is 2. The molecule has 1 aromatic rings. The van der Waals surface area contributed by atoms with Gasteiger partial charge in [0.25, 0.3) is 0 Å². The van der Waals surface area contributed by atoms with E-state index in [1.54, 1.807) is 32.4 Å². The fraction of sp³-hybridized carbons (Fsp3) is 0.357. The molecule has 0 atom stereocenters. The fourth-order valence-electron chi connectivity index (χ4n) is 1.48. The number of hydrogen-bond acceptors (Lipinski definition) is 4. The van der Waals surface area contributed by atoms with Gasteiger partial charge in [-0.15, -0.1) is 0 Å². The van der Waals surface area contributed by atoms with Gasteiger partial charge in [-0.2, -0.15) is 0 Å². The SMILES string of the molecule is COc1ccc(/C=C/C(=O)NCCCO)cc1OC. The molecule has 0 spiro atoms. The Bertz CT molecular complexity index is 443. The second kappa shape index (κ2) is 8.16. The Morgan fingerprint density at radius 1 is 1.32 bits per heavy atom. The first-order chi connectivity index (χ1) is 9.21. The highest BCUT2D eigenvalue weighted by atomic mass is 16.5. The Kier molecular flexibility index (Phi) is 6.46. The first kappa shape index (κ1) is 15.0. The molecule has 0 aliphatic carbocycles. The van der Waals surface area contributed by atoms with E-state index >= 15 is 0 Å². The molecule has 2 N–H and O–H groups in total. The Morgan fingerprint density at radius 2 is 2.05 bits per heavy atom. The van der Waals surface area contributed by atoms with Gasteiger partial charge in [0.05, 0.1) is 14.2 Å². The smallest absolute Gasteiger partial charge is 0.244 e. The Hall–Kier alpha value is -2.01. The Labute approximate surface area is 112 Å². The zero-order valence-corrected chi connectivity index (χ0v) is 11.2. The number of rotatable bonds is 7. The molecule has 1 aromatic carbocycles. The van der Waals surface area contributed by atoms with Gasteiger partial charge in [0.2, 0.25) is 5.91 Å². The molecular weight excluding hydrogens is 246 g/mol. The number of carbonyl (C=O) groups excluding carboxylic acids is 1. The van der Waals surface area contributed by atoms with E-state index in [-0.39, 0.29) is 12.5 Å². The topological polar surface area (TPSA) is 67.8 Å². The van der Waals surface area contributed by atoms with Crippen molar-refractivity contribution < 1.29 is 19.4 Å². The van der Waals surface area contributed by atoms with Gasteiger partial charge in [0, 0.05) is 19.2 Å². The number of methoxy groups -OCH3 is 2. The van der Waals surface area contributed by atoms with Crippen LogP contribution in [0.25, 0.3) is 6.08 Å². The Morgan fingerprint density at radius 3 is 2.68 bits per heavy atom. The van der Waals surface area contributed by atoms with Gasteiger partial charge in [-0.3, -0.25) is 4.79 Å². The van der Waals surface area contributed by atoms with E-state index in [9.17, 15) is 4.79 Å². The Balaban J connectivity index is 2.63. The van der Waals surface area contributed by atoms with E-state index in [0.29, 0.717) is 24.5 Å². The van der Waals surface area contributed by atoms with Crippen LogP contribution in [0.4, 0.5) is 0 Å². The minimum atomic E-state index is -0.191. The van der Waals surface area contributed by atoms with Crippen LogP contribution in [0.15, 0.2) is 24.3 Å². The predicted molar refractivity (Wildman–Crippen MR) is 73.3 cm³/mol. The van der Waals surface area contributed by atoms with Gasteiger partial charge in [-0.05, 0) is 30.2 Å². The summed E-state index contributed by atoms with van der Waals surface area (Å²) in [6, 6.07) is 5.40. The molecule has 19 heavy (non-hydrogen) atoms. The molecule has 5 nitrogen and oxygen atoms in total. The number of ether oxygens (including phenoxy) is 2. The van der Waals surface area contributed by atoms with E-state index in [1.165, 1.54) is 6.08 Å². The fourth-order valence-corrected chi connectivity index (χ4v) is 1.48. The molecule has 0 aliphatic heterocycles. The first-order valence-electron chi connectivity index (χ1n) is 6.00. The third kappa shape index (κ3) is 5.01. The van der Waals surface area contributed by atoms with E-state index in [0.717, 1.165) is 5.56 Å². The third-order valence-electron chi connectivity index (χ3n) is 2.47. The van der Waals surface area contributed by atoms with Gasteiger partial charge in [0.15, 0.2) is 11.5 Å². The highest BCUT2D eigenvalue weighted by Gasteiger charge is 2.03. The van der Waals surface area contributed by atoms with Crippen LogP contribution in [0.1, 0.15) is 12.0 Å². The van der Waals surface area contributed by atoms with Crippen LogP contribution in [0.3, 0.4) is 0 Å². The molecular formula is C14H19NO4. The molecule has 0 aromatic heterocycles. The van der Waals surface area contributed by atoms with Gasteiger partial charge in [-0.1, -0.05) is 6.07 Å². The van der Waals surface area contributed by atoms with E-state index in [4.69, 9.17) is 14.6 Å². The van der Waals surface area contributed by atoms with Crippen molar-refractivity contribution in [2.75, 3.05) is 27.4 Å². The average Bonchev–Trinajstić information content (AvgIpc) is 2.45. The third-order valence-corrected chi connectivity index (χ3v) is 2.47. The summed E-state index contributed by atoms with van der Waals surface area (Å²) in [7, 11) is 3.13. The lowest BCUT2D eigenvalue weighted by Gasteiger charge is -2.07. The highest BCUT2D eigenvalue weighted by molar-refractivity contribution is 5.91. The molecule has 0 saturated heterocycles. The summed E-state index contributed by atoms with van der Waals surface area (Å²) in [6.45, 7) is 0.533. The van der Waals surface area contributed by atoms with Crippen LogP contribution in [0.5, 0.6) is 11.5 Å². The summed E-state index contributed by atoms with van der Waals surface area (Å²) in [5.74, 6) is 1.07. The molecule has 104 valence electrons. The molecule has 5 heteroatoms. The summed E-state index contributed by atoms with van der Waals surface area (Å²) >= 11 is 0. The van der Waals surface area contributed by atoms with Crippen molar-refractivity contribution >= 4 is 12.0 Å². The standard InChI is InChI=1S/C14H19NO4/c1-18-12-6-4-11(10-13(12)19-2)5-7-14(17)15-8-3-9-16/h4-7,10,16H,3,8-9H2,1-2H3,(H,15,17)/b7-5+. The summed E-state index contributed by atoms with van der Waals surface area (Å²) in [6.07, 6.45) is 3.69. The zero-order chi connectivity index (χ0) is 14.1. The first-order valence-corrected chi connectivity index (χ1v) is 6.00. The highest BCUT2D eigenvalue weighted by Crippen LogP contribution is 2.27. The van der Waals surface area contributed by atoms with Crippen LogP contribution in [0, 0.1) is 0 Å². The van der Waals surface area contributed by atoms with Crippen LogP contribution >= 0.6 is 0 Å². The van der Waals surface area contributed by atoms with Gasteiger partial charge in [-0.25, -0.2) is 0 Å². The molecule has 0 bridgehead atoms. The van der Waals surface area contributed by atoms with Crippen molar-refractivity contribution in [2.24, 2.45) is 0 Å².